The van der Waals surface area contributed by atoms with Crippen LogP contribution in [0.5, 0.6) is 0 Å². The average Bonchev–Trinajstić information content (AvgIpc) is 3.09. The number of H-pyrrole nitrogens is 1. The minimum absolute atomic E-state index is 0.464. The first-order chi connectivity index (χ1) is 10.8. The first-order valence-corrected chi connectivity index (χ1v) is 7.64. The van der Waals surface area contributed by atoms with Gasteiger partial charge < -0.3 is 4.90 Å². The van der Waals surface area contributed by atoms with Gasteiger partial charge in [-0.2, -0.15) is 5.10 Å². The molecule has 6 heteroatoms. The molecule has 4 heterocycles. The minimum atomic E-state index is 0.464. The Kier molecular flexibility index (Phi) is 3.21. The number of aromatic nitrogens is 5. The maximum atomic E-state index is 4.65. The zero-order valence-corrected chi connectivity index (χ0v) is 12.5. The lowest BCUT2D eigenvalue weighted by atomic mass is 9.95. The predicted octanol–water partition coefficient (Wildman–Crippen LogP) is 2.44. The number of hydrogen-bond donors (Lipinski definition) is 1. The van der Waals surface area contributed by atoms with Gasteiger partial charge in [-0.25, -0.2) is 15.0 Å². The Bertz CT molecular complexity index is 782. The summed E-state index contributed by atoms with van der Waals surface area (Å²) in [6.45, 7) is 3.94. The van der Waals surface area contributed by atoms with Gasteiger partial charge in [0, 0.05) is 36.6 Å². The number of nitrogens with one attached hydrogen (secondary N) is 1. The topological polar surface area (TPSA) is 70.6 Å². The molecule has 22 heavy (non-hydrogen) atoms. The van der Waals surface area contributed by atoms with Gasteiger partial charge in [0.05, 0.1) is 5.52 Å². The highest BCUT2D eigenvalue weighted by atomic mass is 15.2. The van der Waals surface area contributed by atoms with Crippen molar-refractivity contribution in [2.75, 3.05) is 18.0 Å². The van der Waals surface area contributed by atoms with Gasteiger partial charge in [-0.1, -0.05) is 0 Å². The van der Waals surface area contributed by atoms with Gasteiger partial charge in [0.2, 0.25) is 0 Å². The Balaban J connectivity index is 1.70. The van der Waals surface area contributed by atoms with E-state index >= 15 is 0 Å². The molecule has 1 unspecified atom stereocenters. The molecular formula is C16H18N6. The van der Waals surface area contributed by atoms with E-state index in [0.717, 1.165) is 42.1 Å². The van der Waals surface area contributed by atoms with Crippen LogP contribution in [0.3, 0.4) is 0 Å². The van der Waals surface area contributed by atoms with Crippen molar-refractivity contribution in [1.29, 1.82) is 0 Å². The minimum Gasteiger partial charge on any atom is -0.354 e. The summed E-state index contributed by atoms with van der Waals surface area (Å²) in [4.78, 5) is 15.8. The average molecular weight is 294 g/mol. The quantitative estimate of drug-likeness (QED) is 0.786. The molecule has 3 aromatic heterocycles. The summed E-state index contributed by atoms with van der Waals surface area (Å²) in [6.07, 6.45) is 5.77. The number of rotatable bonds is 2. The standard InChI is InChI=1S/C16H18N6/c1-11-4-5-14-15(20-11)16(18-10-17-14)22-8-2-3-12(9-22)13-6-7-19-21-13/h4-7,10,12H,2-3,8-9H2,1H3,(H,19,21). The van der Waals surface area contributed by atoms with Crippen molar-refractivity contribution in [2.24, 2.45) is 0 Å². The second kappa shape index (κ2) is 5.36. The molecule has 0 aliphatic carbocycles. The van der Waals surface area contributed by atoms with E-state index in [1.54, 1.807) is 6.33 Å². The van der Waals surface area contributed by atoms with Crippen molar-refractivity contribution in [2.45, 2.75) is 25.7 Å². The molecule has 1 aliphatic heterocycles. The third-order valence-electron chi connectivity index (χ3n) is 4.28. The molecule has 3 aromatic rings. The number of fused-ring (bicyclic) bond motifs is 1. The lowest BCUT2D eigenvalue weighted by molar-refractivity contribution is 0.498. The lowest BCUT2D eigenvalue weighted by Crippen LogP contribution is -2.35. The maximum absolute atomic E-state index is 4.65. The summed E-state index contributed by atoms with van der Waals surface area (Å²) in [5.74, 6) is 1.41. The van der Waals surface area contributed by atoms with Gasteiger partial charge in [0.15, 0.2) is 5.82 Å². The van der Waals surface area contributed by atoms with Crippen molar-refractivity contribution >= 4 is 16.9 Å². The summed E-state index contributed by atoms with van der Waals surface area (Å²) >= 11 is 0. The highest BCUT2D eigenvalue weighted by molar-refractivity contribution is 5.85. The van der Waals surface area contributed by atoms with Crippen molar-refractivity contribution in [3.8, 4) is 0 Å². The first-order valence-electron chi connectivity index (χ1n) is 7.64. The molecule has 6 nitrogen and oxygen atoms in total. The van der Waals surface area contributed by atoms with E-state index in [1.807, 2.05) is 25.3 Å². The third kappa shape index (κ3) is 2.30. The van der Waals surface area contributed by atoms with Crippen molar-refractivity contribution in [3.05, 3.63) is 42.1 Å². The highest BCUT2D eigenvalue weighted by Gasteiger charge is 2.24. The van der Waals surface area contributed by atoms with Crippen LogP contribution in [0.4, 0.5) is 5.82 Å². The normalized spacial score (nSPS) is 18.8. The molecule has 1 atom stereocenters. The van der Waals surface area contributed by atoms with Crippen LogP contribution in [-0.2, 0) is 0 Å². The molecule has 112 valence electrons. The Morgan fingerprint density at radius 3 is 3.05 bits per heavy atom. The zero-order valence-electron chi connectivity index (χ0n) is 12.5. The molecule has 0 radical (unpaired) electrons. The van der Waals surface area contributed by atoms with Crippen molar-refractivity contribution in [1.82, 2.24) is 25.1 Å². The van der Waals surface area contributed by atoms with Crippen LogP contribution >= 0.6 is 0 Å². The number of aryl methyl sites for hydroxylation is 1. The van der Waals surface area contributed by atoms with E-state index in [2.05, 4.69) is 36.1 Å². The molecule has 0 aromatic carbocycles. The van der Waals surface area contributed by atoms with Crippen LogP contribution in [0, 0.1) is 6.92 Å². The lowest BCUT2D eigenvalue weighted by Gasteiger charge is -2.33. The molecule has 0 saturated carbocycles. The molecule has 0 spiro atoms. The largest absolute Gasteiger partial charge is 0.354 e. The molecule has 1 N–H and O–H groups in total. The van der Waals surface area contributed by atoms with E-state index in [4.69, 9.17) is 0 Å². The Morgan fingerprint density at radius 1 is 1.23 bits per heavy atom. The second-order valence-corrected chi connectivity index (χ2v) is 5.81. The molecular weight excluding hydrogens is 276 g/mol. The number of anilines is 1. The van der Waals surface area contributed by atoms with Crippen LogP contribution < -0.4 is 4.90 Å². The van der Waals surface area contributed by atoms with Gasteiger partial charge in [-0.15, -0.1) is 0 Å². The van der Waals surface area contributed by atoms with E-state index in [9.17, 15) is 0 Å². The predicted molar refractivity (Wildman–Crippen MR) is 84.8 cm³/mol. The number of aromatic amines is 1. The fraction of sp³-hybridized carbons (Fsp3) is 0.375. The van der Waals surface area contributed by atoms with Crippen LogP contribution in [0.25, 0.3) is 11.0 Å². The van der Waals surface area contributed by atoms with Crippen LogP contribution in [0.15, 0.2) is 30.7 Å². The van der Waals surface area contributed by atoms with E-state index in [0.29, 0.717) is 5.92 Å². The second-order valence-electron chi connectivity index (χ2n) is 5.81. The Morgan fingerprint density at radius 2 is 2.18 bits per heavy atom. The van der Waals surface area contributed by atoms with Crippen molar-refractivity contribution in [3.63, 3.8) is 0 Å². The van der Waals surface area contributed by atoms with Crippen LogP contribution in [0.2, 0.25) is 0 Å². The van der Waals surface area contributed by atoms with E-state index in [-0.39, 0.29) is 0 Å². The van der Waals surface area contributed by atoms with E-state index < -0.39 is 0 Å². The fourth-order valence-corrected chi connectivity index (χ4v) is 3.17. The summed E-state index contributed by atoms with van der Waals surface area (Å²) in [5, 5.41) is 7.18. The SMILES string of the molecule is Cc1ccc2ncnc(N3CCCC(c4ccn[nH]4)C3)c2n1. The zero-order chi connectivity index (χ0) is 14.9. The van der Waals surface area contributed by atoms with Crippen LogP contribution in [-0.4, -0.2) is 38.2 Å². The number of piperidine rings is 1. The monoisotopic (exact) mass is 294 g/mol. The number of pyridine rings is 1. The summed E-state index contributed by atoms with van der Waals surface area (Å²) in [6, 6.07) is 6.07. The maximum Gasteiger partial charge on any atom is 0.158 e. The molecule has 0 amide bonds. The van der Waals surface area contributed by atoms with Gasteiger partial charge in [-0.3, -0.25) is 5.10 Å². The van der Waals surface area contributed by atoms with Gasteiger partial charge in [-0.05, 0) is 38.0 Å². The van der Waals surface area contributed by atoms with Gasteiger partial charge >= 0.3 is 0 Å². The summed E-state index contributed by atoms with van der Waals surface area (Å²) < 4.78 is 0. The Labute approximate surface area is 128 Å². The smallest absolute Gasteiger partial charge is 0.158 e. The molecule has 4 rings (SSSR count). The third-order valence-corrected chi connectivity index (χ3v) is 4.28. The molecule has 1 aliphatic rings. The van der Waals surface area contributed by atoms with Gasteiger partial charge in [0.25, 0.3) is 0 Å². The Hall–Kier alpha value is -2.50. The summed E-state index contributed by atoms with van der Waals surface area (Å²) in [5.41, 5.74) is 3.99. The highest BCUT2D eigenvalue weighted by Crippen LogP contribution is 2.30. The number of hydrogen-bond acceptors (Lipinski definition) is 5. The number of nitrogens with zero attached hydrogens (tertiary/aromatic N) is 5. The van der Waals surface area contributed by atoms with E-state index in [1.165, 1.54) is 12.1 Å². The first kappa shape index (κ1) is 13.2. The van der Waals surface area contributed by atoms with Gasteiger partial charge in [0.1, 0.15) is 11.8 Å². The molecule has 0 bridgehead atoms. The van der Waals surface area contributed by atoms with Crippen LogP contribution in [0.1, 0.15) is 30.1 Å². The molecule has 1 fully saturated rings. The fourth-order valence-electron chi connectivity index (χ4n) is 3.17. The van der Waals surface area contributed by atoms with Crippen molar-refractivity contribution < 1.29 is 0 Å². The summed E-state index contributed by atoms with van der Waals surface area (Å²) in [7, 11) is 0. The molecule has 1 saturated heterocycles.